The molecule has 1 aliphatic heterocycles. The van der Waals surface area contributed by atoms with Crippen molar-refractivity contribution in [3.8, 4) is 5.75 Å². The molecule has 3 heteroatoms. The molecule has 0 bridgehead atoms. The third-order valence-electron chi connectivity index (χ3n) is 3.88. The van der Waals surface area contributed by atoms with Crippen LogP contribution in [0, 0.1) is 6.92 Å². The molecule has 1 heterocycles. The Morgan fingerprint density at radius 2 is 2.05 bits per heavy atom. The minimum atomic E-state index is 0.134. The predicted molar refractivity (Wildman–Crippen MR) is 79.6 cm³/mol. The van der Waals surface area contributed by atoms with Crippen molar-refractivity contribution in [1.82, 2.24) is 4.90 Å². The molecule has 1 aromatic carbocycles. The molecule has 1 fully saturated rings. The molecule has 0 aliphatic carbocycles. The van der Waals surface area contributed by atoms with Crippen LogP contribution in [-0.2, 0) is 0 Å². The summed E-state index contributed by atoms with van der Waals surface area (Å²) in [5.41, 5.74) is 8.70. The van der Waals surface area contributed by atoms with Crippen molar-refractivity contribution in [2.75, 3.05) is 26.2 Å². The molecule has 0 amide bonds. The Bertz CT molecular complexity index is 400. The topological polar surface area (TPSA) is 38.5 Å². The van der Waals surface area contributed by atoms with Crippen LogP contribution in [0.5, 0.6) is 5.75 Å². The highest BCUT2D eigenvalue weighted by Crippen LogP contribution is 2.23. The minimum absolute atomic E-state index is 0.134. The Hall–Kier alpha value is -1.06. The quantitative estimate of drug-likeness (QED) is 0.856. The average molecular weight is 262 g/mol. The van der Waals surface area contributed by atoms with Crippen molar-refractivity contribution in [2.45, 2.75) is 39.2 Å². The molecular formula is C16H26N2O. The maximum Gasteiger partial charge on any atom is 0.122 e. The molecule has 0 aromatic heterocycles. The maximum atomic E-state index is 6.30. The molecule has 1 aliphatic rings. The zero-order valence-electron chi connectivity index (χ0n) is 12.2. The van der Waals surface area contributed by atoms with E-state index < -0.39 is 0 Å². The number of ether oxygens (including phenoxy) is 1. The van der Waals surface area contributed by atoms with Crippen LogP contribution in [0.25, 0.3) is 0 Å². The van der Waals surface area contributed by atoms with Gasteiger partial charge in [-0.2, -0.15) is 0 Å². The Kier molecular flexibility index (Phi) is 5.23. The summed E-state index contributed by atoms with van der Waals surface area (Å²) in [5.74, 6) is 0.970. The van der Waals surface area contributed by atoms with Gasteiger partial charge in [0.05, 0.1) is 6.61 Å². The molecule has 2 N–H and O–H groups in total. The molecule has 1 aromatic rings. The van der Waals surface area contributed by atoms with Gasteiger partial charge in [0.25, 0.3) is 0 Å². The second-order valence-corrected chi connectivity index (χ2v) is 5.40. The summed E-state index contributed by atoms with van der Waals surface area (Å²) >= 11 is 0. The van der Waals surface area contributed by atoms with Crippen LogP contribution < -0.4 is 10.5 Å². The van der Waals surface area contributed by atoms with Crippen LogP contribution in [0.2, 0.25) is 0 Å². The first kappa shape index (κ1) is 14.4. The largest absolute Gasteiger partial charge is 0.494 e. The third-order valence-corrected chi connectivity index (χ3v) is 3.88. The number of hydrogen-bond donors (Lipinski definition) is 1. The van der Waals surface area contributed by atoms with Gasteiger partial charge in [0, 0.05) is 6.04 Å². The number of nitrogens with two attached hydrogens (primary N) is 1. The summed E-state index contributed by atoms with van der Waals surface area (Å²) in [7, 11) is 0. The fourth-order valence-electron chi connectivity index (χ4n) is 2.72. The SMILES string of the molecule is CCOc1ccc(C(N)CCN2CCCC2)cc1C. The Morgan fingerprint density at radius 3 is 2.68 bits per heavy atom. The average Bonchev–Trinajstić information content (AvgIpc) is 2.91. The van der Waals surface area contributed by atoms with Crippen LogP contribution in [0.1, 0.15) is 43.4 Å². The van der Waals surface area contributed by atoms with Crippen molar-refractivity contribution >= 4 is 0 Å². The summed E-state index contributed by atoms with van der Waals surface area (Å²) in [4.78, 5) is 2.52. The molecule has 3 nitrogen and oxygen atoms in total. The number of aryl methyl sites for hydroxylation is 1. The Morgan fingerprint density at radius 1 is 1.32 bits per heavy atom. The monoisotopic (exact) mass is 262 g/mol. The lowest BCUT2D eigenvalue weighted by Crippen LogP contribution is -2.24. The van der Waals surface area contributed by atoms with Crippen molar-refractivity contribution in [1.29, 1.82) is 0 Å². The van der Waals surface area contributed by atoms with E-state index in [1.165, 1.54) is 37.1 Å². The molecule has 2 rings (SSSR count). The van der Waals surface area contributed by atoms with Crippen molar-refractivity contribution < 1.29 is 4.74 Å². The van der Waals surface area contributed by atoms with Gasteiger partial charge in [-0.25, -0.2) is 0 Å². The normalized spacial score (nSPS) is 17.6. The fraction of sp³-hybridized carbons (Fsp3) is 0.625. The van der Waals surface area contributed by atoms with E-state index in [2.05, 4.69) is 24.0 Å². The number of hydrogen-bond acceptors (Lipinski definition) is 3. The van der Waals surface area contributed by atoms with Crippen molar-refractivity contribution in [3.05, 3.63) is 29.3 Å². The van der Waals surface area contributed by atoms with Gasteiger partial charge in [0.2, 0.25) is 0 Å². The van der Waals surface area contributed by atoms with E-state index in [-0.39, 0.29) is 6.04 Å². The molecule has 106 valence electrons. The zero-order valence-corrected chi connectivity index (χ0v) is 12.2. The first-order chi connectivity index (χ1) is 9.20. The van der Waals surface area contributed by atoms with E-state index >= 15 is 0 Å². The van der Waals surface area contributed by atoms with Crippen LogP contribution in [0.3, 0.4) is 0 Å². The molecule has 0 spiro atoms. The van der Waals surface area contributed by atoms with Gasteiger partial charge in [0.1, 0.15) is 5.75 Å². The van der Waals surface area contributed by atoms with E-state index in [4.69, 9.17) is 10.5 Å². The first-order valence-corrected chi connectivity index (χ1v) is 7.42. The van der Waals surface area contributed by atoms with Gasteiger partial charge >= 0.3 is 0 Å². The lowest BCUT2D eigenvalue weighted by atomic mass is 10.0. The standard InChI is InChI=1S/C16H26N2O/c1-3-19-16-7-6-14(12-13(16)2)15(17)8-11-18-9-4-5-10-18/h6-7,12,15H,3-5,8-11,17H2,1-2H3. The van der Waals surface area contributed by atoms with Gasteiger partial charge < -0.3 is 15.4 Å². The Balaban J connectivity index is 1.90. The third kappa shape index (κ3) is 3.95. The van der Waals surface area contributed by atoms with E-state index in [9.17, 15) is 0 Å². The van der Waals surface area contributed by atoms with E-state index in [1.54, 1.807) is 0 Å². The second kappa shape index (κ2) is 6.92. The number of nitrogens with zero attached hydrogens (tertiary/aromatic N) is 1. The summed E-state index contributed by atoms with van der Waals surface area (Å²) in [6.07, 6.45) is 3.72. The molecule has 0 radical (unpaired) electrons. The Labute approximate surface area is 116 Å². The van der Waals surface area contributed by atoms with Gasteiger partial charge in [0.15, 0.2) is 0 Å². The van der Waals surface area contributed by atoms with Crippen LogP contribution in [-0.4, -0.2) is 31.1 Å². The predicted octanol–water partition coefficient (Wildman–Crippen LogP) is 2.88. The van der Waals surface area contributed by atoms with E-state index in [1.807, 2.05) is 13.0 Å². The molecule has 0 saturated carbocycles. The number of benzene rings is 1. The van der Waals surface area contributed by atoms with E-state index in [0.29, 0.717) is 6.61 Å². The summed E-state index contributed by atoms with van der Waals surface area (Å²) < 4.78 is 5.56. The van der Waals surface area contributed by atoms with E-state index in [0.717, 1.165) is 18.7 Å². The lowest BCUT2D eigenvalue weighted by molar-refractivity contribution is 0.322. The maximum absolute atomic E-state index is 6.30. The number of rotatable bonds is 6. The van der Waals surface area contributed by atoms with Gasteiger partial charge in [-0.1, -0.05) is 12.1 Å². The molecule has 1 atom stereocenters. The first-order valence-electron chi connectivity index (χ1n) is 7.42. The lowest BCUT2D eigenvalue weighted by Gasteiger charge is -2.19. The minimum Gasteiger partial charge on any atom is -0.494 e. The smallest absolute Gasteiger partial charge is 0.122 e. The van der Waals surface area contributed by atoms with Crippen LogP contribution >= 0.6 is 0 Å². The van der Waals surface area contributed by atoms with Gasteiger partial charge in [-0.05, 0) is 69.9 Å². The highest BCUT2D eigenvalue weighted by atomic mass is 16.5. The number of likely N-dealkylation sites (tertiary alicyclic amines) is 1. The van der Waals surface area contributed by atoms with Crippen LogP contribution in [0.4, 0.5) is 0 Å². The van der Waals surface area contributed by atoms with Crippen LogP contribution in [0.15, 0.2) is 18.2 Å². The molecule has 1 unspecified atom stereocenters. The van der Waals surface area contributed by atoms with Gasteiger partial charge in [-0.15, -0.1) is 0 Å². The highest BCUT2D eigenvalue weighted by molar-refractivity contribution is 5.37. The highest BCUT2D eigenvalue weighted by Gasteiger charge is 2.14. The van der Waals surface area contributed by atoms with Crippen molar-refractivity contribution in [2.24, 2.45) is 5.73 Å². The zero-order chi connectivity index (χ0) is 13.7. The second-order valence-electron chi connectivity index (χ2n) is 5.40. The summed E-state index contributed by atoms with van der Waals surface area (Å²) in [5, 5.41) is 0. The molecule has 1 saturated heterocycles. The van der Waals surface area contributed by atoms with Gasteiger partial charge in [-0.3, -0.25) is 0 Å². The fourth-order valence-corrected chi connectivity index (χ4v) is 2.72. The molecular weight excluding hydrogens is 236 g/mol. The summed E-state index contributed by atoms with van der Waals surface area (Å²) in [6.45, 7) is 8.41. The summed E-state index contributed by atoms with van der Waals surface area (Å²) in [6, 6.07) is 6.45. The molecule has 19 heavy (non-hydrogen) atoms. The van der Waals surface area contributed by atoms with Crippen molar-refractivity contribution in [3.63, 3.8) is 0 Å².